The summed E-state index contributed by atoms with van der Waals surface area (Å²) >= 11 is 0. The van der Waals surface area contributed by atoms with Crippen LogP contribution < -0.4 is 0 Å². The molecule has 0 bridgehead atoms. The number of H-pyrrole nitrogens is 1. The van der Waals surface area contributed by atoms with Crippen molar-refractivity contribution in [2.24, 2.45) is 5.92 Å². The molecule has 0 aliphatic heterocycles. The molecule has 1 atom stereocenters. The van der Waals surface area contributed by atoms with E-state index < -0.39 is 0 Å². The first-order chi connectivity index (χ1) is 6.68. The Bertz CT molecular complexity index is 431. The Kier molecular flexibility index (Phi) is 2.23. The molecule has 0 amide bonds. The molecule has 1 N–H and O–H groups in total. The van der Waals surface area contributed by atoms with Gasteiger partial charge in [-0.3, -0.25) is 5.10 Å². The van der Waals surface area contributed by atoms with Crippen LogP contribution in [-0.4, -0.2) is 15.4 Å². The summed E-state index contributed by atoms with van der Waals surface area (Å²) in [6, 6.07) is 6.31. The van der Waals surface area contributed by atoms with Gasteiger partial charge in [0.1, 0.15) is 5.52 Å². The second kappa shape index (κ2) is 3.40. The number of aromatic nitrogens is 3. The Balaban J connectivity index is 2.43. The van der Waals surface area contributed by atoms with E-state index in [1.165, 1.54) is 5.56 Å². The first-order valence-electron chi connectivity index (χ1n) is 4.99. The highest BCUT2D eigenvalue weighted by atomic mass is 15.3. The maximum absolute atomic E-state index is 4.02. The van der Waals surface area contributed by atoms with Crippen molar-refractivity contribution in [3.05, 3.63) is 23.8 Å². The number of nitrogens with one attached hydrogen (secondary N) is 1. The number of hydrogen-bond acceptors (Lipinski definition) is 2. The zero-order chi connectivity index (χ0) is 10.1. The molecule has 2 rings (SSSR count). The minimum absolute atomic E-state index is 0.566. The SMILES string of the molecule is CC(C)[C@H](C)c1ccc2[nH]nnc2c1. The summed E-state index contributed by atoms with van der Waals surface area (Å²) in [5.41, 5.74) is 3.29. The van der Waals surface area contributed by atoms with E-state index in [1.807, 2.05) is 6.07 Å². The normalized spacial score (nSPS) is 13.7. The average Bonchev–Trinajstić information content (AvgIpc) is 2.62. The summed E-state index contributed by atoms with van der Waals surface area (Å²) < 4.78 is 0. The van der Waals surface area contributed by atoms with Crippen molar-refractivity contribution in [2.75, 3.05) is 0 Å². The molecular weight excluding hydrogens is 174 g/mol. The lowest BCUT2D eigenvalue weighted by atomic mass is 9.90. The molecule has 1 aromatic carbocycles. The van der Waals surface area contributed by atoms with Crippen molar-refractivity contribution in [2.45, 2.75) is 26.7 Å². The summed E-state index contributed by atoms with van der Waals surface area (Å²) in [5.74, 6) is 1.22. The lowest BCUT2D eigenvalue weighted by molar-refractivity contribution is 0.535. The number of hydrogen-bond donors (Lipinski definition) is 1. The molecule has 1 heterocycles. The largest absolute Gasteiger partial charge is 0.258 e. The van der Waals surface area contributed by atoms with E-state index >= 15 is 0 Å². The molecule has 2 aromatic rings. The summed E-state index contributed by atoms with van der Waals surface area (Å²) in [6.07, 6.45) is 0. The molecule has 0 radical (unpaired) electrons. The highest BCUT2D eigenvalue weighted by Crippen LogP contribution is 2.25. The van der Waals surface area contributed by atoms with E-state index in [9.17, 15) is 0 Å². The molecule has 0 saturated carbocycles. The molecule has 3 nitrogen and oxygen atoms in total. The number of rotatable bonds is 2. The third kappa shape index (κ3) is 1.50. The number of benzene rings is 1. The minimum Gasteiger partial charge on any atom is -0.258 e. The van der Waals surface area contributed by atoms with Crippen molar-refractivity contribution < 1.29 is 0 Å². The highest BCUT2D eigenvalue weighted by molar-refractivity contribution is 5.74. The smallest absolute Gasteiger partial charge is 0.113 e. The van der Waals surface area contributed by atoms with Gasteiger partial charge in [0.25, 0.3) is 0 Å². The van der Waals surface area contributed by atoms with E-state index in [0.717, 1.165) is 11.0 Å². The molecule has 0 spiro atoms. The molecule has 0 aliphatic rings. The topological polar surface area (TPSA) is 41.6 Å². The number of fused-ring (bicyclic) bond motifs is 1. The fourth-order valence-electron chi connectivity index (χ4n) is 1.53. The van der Waals surface area contributed by atoms with Gasteiger partial charge in [0, 0.05) is 0 Å². The molecule has 0 fully saturated rings. The lowest BCUT2D eigenvalue weighted by Gasteiger charge is -2.15. The summed E-state index contributed by atoms with van der Waals surface area (Å²) in [7, 11) is 0. The maximum Gasteiger partial charge on any atom is 0.113 e. The van der Waals surface area contributed by atoms with Crippen LogP contribution in [0.3, 0.4) is 0 Å². The van der Waals surface area contributed by atoms with Crippen molar-refractivity contribution in [3.63, 3.8) is 0 Å². The minimum atomic E-state index is 0.566. The molecule has 0 aliphatic carbocycles. The second-order valence-corrected chi connectivity index (χ2v) is 4.12. The van der Waals surface area contributed by atoms with Crippen LogP contribution in [-0.2, 0) is 0 Å². The van der Waals surface area contributed by atoms with Crippen molar-refractivity contribution in [3.8, 4) is 0 Å². The summed E-state index contributed by atoms with van der Waals surface area (Å²) in [6.45, 7) is 6.71. The summed E-state index contributed by atoms with van der Waals surface area (Å²) in [5, 5.41) is 10.6. The van der Waals surface area contributed by atoms with Gasteiger partial charge in [-0.25, -0.2) is 0 Å². The lowest BCUT2D eigenvalue weighted by Crippen LogP contribution is -2.01. The van der Waals surface area contributed by atoms with Crippen molar-refractivity contribution in [1.29, 1.82) is 0 Å². The maximum atomic E-state index is 4.02. The fourth-order valence-corrected chi connectivity index (χ4v) is 1.53. The van der Waals surface area contributed by atoms with Crippen LogP contribution in [0.25, 0.3) is 11.0 Å². The standard InChI is InChI=1S/C11H15N3/c1-7(2)8(3)9-4-5-10-11(6-9)13-14-12-10/h4-8H,1-3H3,(H,12,13,14)/t8-/m0/s1. The molecule has 1 aromatic heterocycles. The van der Waals surface area contributed by atoms with Gasteiger partial charge in [-0.2, -0.15) is 0 Å². The Hall–Kier alpha value is -1.38. The Morgan fingerprint density at radius 1 is 1.21 bits per heavy atom. The average molecular weight is 189 g/mol. The summed E-state index contributed by atoms with van der Waals surface area (Å²) in [4.78, 5) is 0. The second-order valence-electron chi connectivity index (χ2n) is 4.12. The van der Waals surface area contributed by atoms with Gasteiger partial charge < -0.3 is 0 Å². The monoisotopic (exact) mass is 189 g/mol. The van der Waals surface area contributed by atoms with Crippen LogP contribution in [0.4, 0.5) is 0 Å². The first-order valence-corrected chi connectivity index (χ1v) is 4.99. The Morgan fingerprint density at radius 3 is 2.71 bits per heavy atom. The predicted molar refractivity (Wildman–Crippen MR) is 57.1 cm³/mol. The number of aromatic amines is 1. The van der Waals surface area contributed by atoms with Gasteiger partial charge in [0.2, 0.25) is 0 Å². The third-order valence-corrected chi connectivity index (χ3v) is 2.88. The number of nitrogens with zero attached hydrogens (tertiary/aromatic N) is 2. The van der Waals surface area contributed by atoms with Gasteiger partial charge >= 0.3 is 0 Å². The molecule has 3 heteroatoms. The van der Waals surface area contributed by atoms with Crippen molar-refractivity contribution in [1.82, 2.24) is 15.4 Å². The van der Waals surface area contributed by atoms with Crippen LogP contribution in [0.15, 0.2) is 18.2 Å². The van der Waals surface area contributed by atoms with E-state index in [-0.39, 0.29) is 0 Å². The zero-order valence-electron chi connectivity index (χ0n) is 8.78. The first kappa shape index (κ1) is 9.19. The molecule has 74 valence electrons. The van der Waals surface area contributed by atoms with E-state index in [1.54, 1.807) is 0 Å². The fraction of sp³-hybridized carbons (Fsp3) is 0.455. The third-order valence-electron chi connectivity index (χ3n) is 2.88. The quantitative estimate of drug-likeness (QED) is 0.789. The molecule has 0 unspecified atom stereocenters. The molecule has 14 heavy (non-hydrogen) atoms. The van der Waals surface area contributed by atoms with Gasteiger partial charge in [-0.05, 0) is 29.5 Å². The van der Waals surface area contributed by atoms with Crippen molar-refractivity contribution >= 4 is 11.0 Å². The highest BCUT2D eigenvalue weighted by Gasteiger charge is 2.10. The van der Waals surface area contributed by atoms with Crippen LogP contribution in [0.5, 0.6) is 0 Å². The van der Waals surface area contributed by atoms with Gasteiger partial charge in [-0.1, -0.05) is 32.1 Å². The van der Waals surface area contributed by atoms with Crippen LogP contribution in [0.1, 0.15) is 32.3 Å². The molecule has 0 saturated heterocycles. The predicted octanol–water partition coefficient (Wildman–Crippen LogP) is 2.72. The van der Waals surface area contributed by atoms with E-state index in [2.05, 4.69) is 48.3 Å². The van der Waals surface area contributed by atoms with Crippen LogP contribution in [0, 0.1) is 5.92 Å². The van der Waals surface area contributed by atoms with Gasteiger partial charge in [-0.15, -0.1) is 5.10 Å². The Morgan fingerprint density at radius 2 is 2.00 bits per heavy atom. The molecular formula is C11H15N3. The van der Waals surface area contributed by atoms with Gasteiger partial charge in [0.05, 0.1) is 5.52 Å². The van der Waals surface area contributed by atoms with E-state index in [0.29, 0.717) is 11.8 Å². The van der Waals surface area contributed by atoms with E-state index in [4.69, 9.17) is 0 Å². The van der Waals surface area contributed by atoms with Crippen LogP contribution >= 0.6 is 0 Å². The van der Waals surface area contributed by atoms with Gasteiger partial charge in [0.15, 0.2) is 0 Å². The Labute approximate surface area is 83.5 Å². The van der Waals surface area contributed by atoms with Crippen LogP contribution in [0.2, 0.25) is 0 Å². The zero-order valence-corrected chi connectivity index (χ0v) is 8.78.